The summed E-state index contributed by atoms with van der Waals surface area (Å²) in [5.41, 5.74) is -2.41. The Morgan fingerprint density at radius 1 is 1.15 bits per heavy atom. The molecule has 15 heteroatoms. The number of tetrazole rings is 1. The normalized spacial score (nSPS) is 14.2. The number of hydrogen-bond acceptors (Lipinski definition) is 7. The van der Waals surface area contributed by atoms with Crippen molar-refractivity contribution in [3.63, 3.8) is 0 Å². The second-order valence-electron chi connectivity index (χ2n) is 7.25. The molecule has 0 radical (unpaired) electrons. The van der Waals surface area contributed by atoms with E-state index in [4.69, 9.17) is 5.14 Å². The van der Waals surface area contributed by atoms with E-state index in [1.165, 1.54) is 6.07 Å². The Morgan fingerprint density at radius 3 is 2.48 bits per heavy atom. The Kier molecular flexibility index (Phi) is 6.41. The topological polar surface area (TPSA) is 133 Å². The first-order chi connectivity index (χ1) is 15.1. The molecule has 0 spiro atoms. The Labute approximate surface area is 183 Å². The average Bonchev–Trinajstić information content (AvgIpc) is 3.09. The zero-order valence-corrected chi connectivity index (χ0v) is 17.5. The summed E-state index contributed by atoms with van der Waals surface area (Å²) in [5, 5.41) is 26.7. The Hall–Kier alpha value is -3.17. The van der Waals surface area contributed by atoms with Gasteiger partial charge in [0.05, 0.1) is 12.3 Å². The van der Waals surface area contributed by atoms with E-state index < -0.39 is 51.7 Å². The number of nitrogens with zero attached hydrogens (tertiary/aromatic N) is 4. The molecule has 178 valence electrons. The van der Waals surface area contributed by atoms with Gasteiger partial charge in [-0.15, -0.1) is 23.4 Å². The maximum absolute atomic E-state index is 14.1. The first-order valence-corrected chi connectivity index (χ1v) is 10.7. The molecule has 0 saturated heterocycles. The average molecular weight is 493 g/mol. The fraction of sp³-hybridized carbons (Fsp3) is 0.278. The van der Waals surface area contributed by atoms with Crippen LogP contribution in [0.2, 0.25) is 0 Å². The number of primary sulfonamides is 1. The van der Waals surface area contributed by atoms with Gasteiger partial charge >= 0.3 is 6.36 Å². The van der Waals surface area contributed by atoms with Crippen LogP contribution in [0.1, 0.15) is 18.1 Å². The van der Waals surface area contributed by atoms with Crippen LogP contribution in [-0.2, 0) is 22.2 Å². The maximum atomic E-state index is 14.1. The van der Waals surface area contributed by atoms with E-state index in [0.29, 0.717) is 0 Å². The molecule has 1 heterocycles. The molecule has 3 N–H and O–H groups in total. The van der Waals surface area contributed by atoms with Crippen molar-refractivity contribution < 1.29 is 40.2 Å². The number of halogens is 5. The van der Waals surface area contributed by atoms with Crippen LogP contribution in [-0.4, -0.2) is 45.8 Å². The van der Waals surface area contributed by atoms with E-state index >= 15 is 0 Å². The third kappa shape index (κ3) is 6.66. The highest BCUT2D eigenvalue weighted by Gasteiger charge is 2.32. The van der Waals surface area contributed by atoms with Crippen molar-refractivity contribution in [1.82, 2.24) is 20.2 Å². The Morgan fingerprint density at radius 2 is 1.85 bits per heavy atom. The highest BCUT2D eigenvalue weighted by molar-refractivity contribution is 7.89. The van der Waals surface area contributed by atoms with Crippen LogP contribution in [0.5, 0.6) is 5.75 Å². The summed E-state index contributed by atoms with van der Waals surface area (Å²) in [4.78, 5) is 0.845. The van der Waals surface area contributed by atoms with E-state index in [-0.39, 0.29) is 22.5 Å². The molecule has 1 aromatic heterocycles. The van der Waals surface area contributed by atoms with Crippen LogP contribution in [0.15, 0.2) is 36.4 Å². The third-order valence-electron chi connectivity index (χ3n) is 4.28. The summed E-state index contributed by atoms with van der Waals surface area (Å²) in [7, 11) is -4.11. The van der Waals surface area contributed by atoms with Crippen molar-refractivity contribution in [3.05, 3.63) is 59.2 Å². The molecule has 0 bridgehead atoms. The highest BCUT2D eigenvalue weighted by atomic mass is 32.2. The predicted octanol–water partition coefficient (Wildman–Crippen LogP) is 2.06. The number of nitrogens with two attached hydrogens (primary N) is 1. The number of sulfonamides is 1. The van der Waals surface area contributed by atoms with Gasteiger partial charge in [0, 0.05) is 11.1 Å². The molecule has 9 nitrogen and oxygen atoms in total. The number of benzene rings is 2. The fourth-order valence-electron chi connectivity index (χ4n) is 2.95. The number of alkyl halides is 3. The Bertz CT molecular complexity index is 1280. The molecule has 1 atom stereocenters. The number of hydrogen-bond donors (Lipinski definition) is 2. The van der Waals surface area contributed by atoms with Gasteiger partial charge < -0.3 is 9.84 Å². The minimum atomic E-state index is -4.96. The van der Waals surface area contributed by atoms with Crippen LogP contribution >= 0.6 is 0 Å². The van der Waals surface area contributed by atoms with Gasteiger partial charge in [0.1, 0.15) is 23.0 Å². The second-order valence-corrected chi connectivity index (χ2v) is 8.87. The van der Waals surface area contributed by atoms with Crippen LogP contribution < -0.4 is 9.88 Å². The van der Waals surface area contributed by atoms with Crippen molar-refractivity contribution in [2.24, 2.45) is 5.14 Å². The van der Waals surface area contributed by atoms with Crippen LogP contribution in [0.25, 0.3) is 11.4 Å². The summed E-state index contributed by atoms with van der Waals surface area (Å²) < 4.78 is 91.8. The van der Waals surface area contributed by atoms with E-state index in [2.05, 4.69) is 20.1 Å². The summed E-state index contributed by atoms with van der Waals surface area (Å²) >= 11 is 0. The maximum Gasteiger partial charge on any atom is 0.573 e. The summed E-state index contributed by atoms with van der Waals surface area (Å²) in [6.45, 7) is 0.693. The minimum absolute atomic E-state index is 0.000529. The van der Waals surface area contributed by atoms with E-state index in [1.54, 1.807) is 0 Å². The highest BCUT2D eigenvalue weighted by Crippen LogP contribution is 2.28. The van der Waals surface area contributed by atoms with Crippen LogP contribution in [0.4, 0.5) is 22.0 Å². The van der Waals surface area contributed by atoms with Crippen molar-refractivity contribution in [2.45, 2.75) is 25.4 Å². The Balaban J connectivity index is 1.88. The molecule has 0 aliphatic heterocycles. The van der Waals surface area contributed by atoms with Gasteiger partial charge in [-0.05, 0) is 54.1 Å². The molecule has 3 aromatic rings. The molecule has 2 aromatic carbocycles. The summed E-state index contributed by atoms with van der Waals surface area (Å²) in [5.74, 6) is -3.41. The van der Waals surface area contributed by atoms with Gasteiger partial charge in [0.2, 0.25) is 15.8 Å². The lowest BCUT2D eigenvalue weighted by Crippen LogP contribution is -2.34. The van der Waals surface area contributed by atoms with Crippen molar-refractivity contribution in [1.29, 1.82) is 0 Å². The zero-order valence-electron chi connectivity index (χ0n) is 16.7. The van der Waals surface area contributed by atoms with Gasteiger partial charge in [-0.1, -0.05) is 0 Å². The zero-order chi connectivity index (χ0) is 24.6. The molecule has 0 amide bonds. The SMILES string of the molecule is CC(O)(CS(N)(=O)=O)c1cc(F)cc(-c2nnn(Cc3cc(OC(F)(F)F)ccc3F)n2)c1. The van der Waals surface area contributed by atoms with Crippen LogP contribution in [0, 0.1) is 11.6 Å². The number of aromatic nitrogens is 4. The molecule has 0 fully saturated rings. The molecular formula is C18H16F5N5O4S. The van der Waals surface area contributed by atoms with Gasteiger partial charge in [-0.25, -0.2) is 22.3 Å². The van der Waals surface area contributed by atoms with Gasteiger partial charge in [0.25, 0.3) is 0 Å². The van der Waals surface area contributed by atoms with E-state index in [9.17, 15) is 35.5 Å². The first-order valence-electron chi connectivity index (χ1n) is 8.98. The monoisotopic (exact) mass is 493 g/mol. The largest absolute Gasteiger partial charge is 0.573 e. The minimum Gasteiger partial charge on any atom is -0.406 e. The van der Waals surface area contributed by atoms with Crippen LogP contribution in [0.3, 0.4) is 0 Å². The number of aliphatic hydroxyl groups is 1. The molecule has 33 heavy (non-hydrogen) atoms. The predicted molar refractivity (Wildman–Crippen MR) is 103 cm³/mol. The lowest BCUT2D eigenvalue weighted by molar-refractivity contribution is -0.274. The first kappa shape index (κ1) is 24.5. The number of rotatable bonds is 7. The molecule has 3 rings (SSSR count). The van der Waals surface area contributed by atoms with Gasteiger partial charge in [0.15, 0.2) is 0 Å². The molecule has 1 unspecified atom stereocenters. The third-order valence-corrected chi connectivity index (χ3v) is 5.24. The molecule has 0 aliphatic rings. The smallest absolute Gasteiger partial charge is 0.406 e. The lowest BCUT2D eigenvalue weighted by Gasteiger charge is -2.23. The van der Waals surface area contributed by atoms with Crippen molar-refractivity contribution >= 4 is 10.0 Å². The van der Waals surface area contributed by atoms with E-state index in [0.717, 1.165) is 42.1 Å². The van der Waals surface area contributed by atoms with Crippen molar-refractivity contribution in [2.75, 3.05) is 5.75 Å². The van der Waals surface area contributed by atoms with Gasteiger partial charge in [-0.2, -0.15) is 4.80 Å². The quantitative estimate of drug-likeness (QED) is 0.482. The summed E-state index contributed by atoms with van der Waals surface area (Å²) in [6, 6.07) is 5.50. The fourth-order valence-corrected chi connectivity index (χ4v) is 3.90. The standard InChI is InChI=1S/C18H16F5N5O4S/c1-17(29,9-33(24,30)31)12-4-10(5-13(19)7-12)16-25-27-28(26-16)8-11-6-14(2-3-15(11)20)32-18(21,22)23/h2-7,29H,8-9H2,1H3,(H2,24,30,31). The van der Waals surface area contributed by atoms with Gasteiger partial charge in [-0.3, -0.25) is 0 Å². The number of ether oxygens (including phenoxy) is 1. The van der Waals surface area contributed by atoms with E-state index in [1.807, 2.05) is 0 Å². The molecular weight excluding hydrogens is 477 g/mol. The second kappa shape index (κ2) is 8.64. The summed E-state index contributed by atoms with van der Waals surface area (Å²) in [6.07, 6.45) is -4.96. The lowest BCUT2D eigenvalue weighted by atomic mass is 9.96. The van der Waals surface area contributed by atoms with Crippen molar-refractivity contribution in [3.8, 4) is 17.1 Å². The molecule has 0 aliphatic carbocycles. The molecule has 0 saturated carbocycles.